The van der Waals surface area contributed by atoms with Crippen LogP contribution in [0.2, 0.25) is 0 Å². The minimum Gasteiger partial charge on any atom is -0.494 e. The average Bonchev–Trinajstić information content (AvgIpc) is 3.29. The summed E-state index contributed by atoms with van der Waals surface area (Å²) in [6.07, 6.45) is 7.57. The molecule has 1 aromatic carbocycles. The molecule has 0 unspecified atom stereocenters. The molecule has 7 heteroatoms. The highest BCUT2D eigenvalue weighted by atomic mass is 16.5. The van der Waals surface area contributed by atoms with E-state index in [4.69, 9.17) is 10.5 Å². The quantitative estimate of drug-likeness (QED) is 0.537. The van der Waals surface area contributed by atoms with Gasteiger partial charge >= 0.3 is 0 Å². The molecule has 2 aromatic heterocycles. The number of nitrogens with two attached hydrogens (primary N) is 1. The van der Waals surface area contributed by atoms with Crippen LogP contribution >= 0.6 is 0 Å². The number of hydrogen-bond acceptors (Lipinski definition) is 6. The summed E-state index contributed by atoms with van der Waals surface area (Å²) in [5, 5.41) is 20.5. The van der Waals surface area contributed by atoms with Crippen LogP contribution in [-0.4, -0.2) is 29.3 Å². The Morgan fingerprint density at radius 1 is 1.16 bits per heavy atom. The maximum absolute atomic E-state index is 9.48. The number of pyridine rings is 1. The number of hydrogen-bond donors (Lipinski definition) is 3. The molecule has 164 valence electrons. The molecule has 1 aliphatic rings. The van der Waals surface area contributed by atoms with Crippen LogP contribution in [0.15, 0.2) is 36.5 Å². The summed E-state index contributed by atoms with van der Waals surface area (Å²) in [5.41, 5.74) is 9.80. The van der Waals surface area contributed by atoms with E-state index >= 15 is 0 Å². The summed E-state index contributed by atoms with van der Waals surface area (Å²) in [6, 6.07) is 11.7. The molecular formula is C24H32N6O. The molecule has 3 aromatic rings. The molecule has 4 N–H and O–H groups in total. The van der Waals surface area contributed by atoms with Crippen LogP contribution < -0.4 is 21.1 Å². The van der Waals surface area contributed by atoms with E-state index in [1.807, 2.05) is 31.2 Å². The predicted octanol–water partition coefficient (Wildman–Crippen LogP) is 4.64. The highest BCUT2D eigenvalue weighted by Gasteiger charge is 2.18. The third-order valence-corrected chi connectivity index (χ3v) is 5.24. The van der Waals surface area contributed by atoms with Crippen LogP contribution in [0, 0.1) is 11.3 Å². The number of nitrogen functional groups attached to an aromatic ring is 1. The van der Waals surface area contributed by atoms with Crippen LogP contribution in [0.25, 0.3) is 5.52 Å². The highest BCUT2D eigenvalue weighted by Crippen LogP contribution is 2.32. The Labute approximate surface area is 184 Å². The maximum atomic E-state index is 9.48. The van der Waals surface area contributed by atoms with E-state index < -0.39 is 0 Å². The van der Waals surface area contributed by atoms with Crippen LogP contribution in [-0.2, 0) is 6.42 Å². The Balaban J connectivity index is 0.000000391. The maximum Gasteiger partial charge on any atom is 0.137 e. The SMILES string of the molecule is C1CCNCC1.CCCc1c(N)c(C#N)c2ccnn2c1Nc1ccc(OCC)cc1. The topological polar surface area (TPSA) is 100 Å². The summed E-state index contributed by atoms with van der Waals surface area (Å²) < 4.78 is 7.23. The molecular weight excluding hydrogens is 388 g/mol. The third-order valence-electron chi connectivity index (χ3n) is 5.24. The molecule has 1 saturated heterocycles. The number of anilines is 3. The first-order valence-corrected chi connectivity index (χ1v) is 11.1. The number of nitriles is 1. The fourth-order valence-corrected chi connectivity index (χ4v) is 3.70. The predicted molar refractivity (Wildman–Crippen MR) is 126 cm³/mol. The number of nitrogens with zero attached hydrogens (tertiary/aromatic N) is 3. The molecule has 0 aliphatic carbocycles. The van der Waals surface area contributed by atoms with E-state index in [9.17, 15) is 5.26 Å². The van der Waals surface area contributed by atoms with Crippen molar-refractivity contribution in [2.24, 2.45) is 0 Å². The lowest BCUT2D eigenvalue weighted by molar-refractivity contribution is 0.340. The zero-order valence-electron chi connectivity index (χ0n) is 18.4. The van der Waals surface area contributed by atoms with Gasteiger partial charge in [-0.25, -0.2) is 4.52 Å². The number of aromatic nitrogens is 2. The van der Waals surface area contributed by atoms with E-state index in [2.05, 4.69) is 28.7 Å². The van der Waals surface area contributed by atoms with Gasteiger partial charge in [-0.1, -0.05) is 19.8 Å². The summed E-state index contributed by atoms with van der Waals surface area (Å²) in [4.78, 5) is 0. The van der Waals surface area contributed by atoms with Gasteiger partial charge in [-0.3, -0.25) is 0 Å². The Kier molecular flexibility index (Phi) is 8.13. The second-order valence-electron chi connectivity index (χ2n) is 7.50. The molecule has 0 saturated carbocycles. The van der Waals surface area contributed by atoms with Gasteiger partial charge in [-0.2, -0.15) is 10.4 Å². The molecule has 1 aliphatic heterocycles. The van der Waals surface area contributed by atoms with Gasteiger partial charge in [-0.05, 0) is 69.6 Å². The van der Waals surface area contributed by atoms with E-state index in [1.54, 1.807) is 16.8 Å². The first-order valence-electron chi connectivity index (χ1n) is 11.1. The minimum absolute atomic E-state index is 0.471. The van der Waals surface area contributed by atoms with Crippen molar-refractivity contribution in [3.8, 4) is 11.8 Å². The van der Waals surface area contributed by atoms with Gasteiger partial charge in [0, 0.05) is 11.3 Å². The third kappa shape index (κ3) is 5.47. The molecule has 4 rings (SSSR count). The molecule has 0 amide bonds. The monoisotopic (exact) mass is 420 g/mol. The number of fused-ring (bicyclic) bond motifs is 1. The lowest BCUT2D eigenvalue weighted by Crippen LogP contribution is -2.21. The van der Waals surface area contributed by atoms with Crippen LogP contribution in [0.4, 0.5) is 17.2 Å². The lowest BCUT2D eigenvalue weighted by atomic mass is 10.0. The number of nitrogens with one attached hydrogen (secondary N) is 2. The van der Waals surface area contributed by atoms with Crippen LogP contribution in [0.1, 0.15) is 50.7 Å². The van der Waals surface area contributed by atoms with Crippen molar-refractivity contribution >= 4 is 22.7 Å². The van der Waals surface area contributed by atoms with Gasteiger partial charge in [-0.15, -0.1) is 0 Å². The fraction of sp³-hybridized carbons (Fsp3) is 0.417. The Hall–Kier alpha value is -3.24. The second kappa shape index (κ2) is 11.2. The van der Waals surface area contributed by atoms with Crippen molar-refractivity contribution in [2.75, 3.05) is 30.7 Å². The molecule has 0 bridgehead atoms. The first-order chi connectivity index (χ1) is 15.2. The van der Waals surface area contributed by atoms with Crippen molar-refractivity contribution in [1.29, 1.82) is 5.26 Å². The van der Waals surface area contributed by atoms with Gasteiger partial charge in [0.1, 0.15) is 23.2 Å². The standard InChI is InChI=1S/C19H21N5O.C5H11N/c1-3-5-15-18(21)16(12-20)17-10-11-22-24(17)19(15)23-13-6-8-14(9-7-13)25-4-2;1-2-4-6-5-3-1/h6-11,23H,3-5,21H2,1-2H3;6H,1-5H2. The number of piperidine rings is 1. The Bertz CT molecular complexity index is 1000. The molecule has 31 heavy (non-hydrogen) atoms. The molecule has 0 spiro atoms. The van der Waals surface area contributed by atoms with Crippen molar-refractivity contribution in [3.63, 3.8) is 0 Å². The Morgan fingerprint density at radius 2 is 1.90 bits per heavy atom. The number of rotatable bonds is 6. The van der Waals surface area contributed by atoms with E-state index in [1.165, 1.54) is 32.4 Å². The van der Waals surface area contributed by atoms with Gasteiger partial charge in [0.25, 0.3) is 0 Å². The second-order valence-corrected chi connectivity index (χ2v) is 7.50. The van der Waals surface area contributed by atoms with Crippen molar-refractivity contribution in [2.45, 2.75) is 46.0 Å². The van der Waals surface area contributed by atoms with Crippen molar-refractivity contribution in [3.05, 3.63) is 47.7 Å². The molecule has 1 fully saturated rings. The molecule has 7 nitrogen and oxygen atoms in total. The smallest absolute Gasteiger partial charge is 0.137 e. The molecule has 0 radical (unpaired) electrons. The van der Waals surface area contributed by atoms with Gasteiger partial charge in [0.2, 0.25) is 0 Å². The van der Waals surface area contributed by atoms with Gasteiger partial charge < -0.3 is 21.1 Å². The highest BCUT2D eigenvalue weighted by molar-refractivity contribution is 5.81. The van der Waals surface area contributed by atoms with E-state index in [0.29, 0.717) is 23.4 Å². The van der Waals surface area contributed by atoms with Gasteiger partial charge in [0.05, 0.1) is 24.0 Å². The zero-order valence-corrected chi connectivity index (χ0v) is 18.4. The summed E-state index contributed by atoms with van der Waals surface area (Å²) in [5.74, 6) is 1.62. The summed E-state index contributed by atoms with van der Waals surface area (Å²) in [7, 11) is 0. The van der Waals surface area contributed by atoms with E-state index in [0.717, 1.165) is 35.7 Å². The fourth-order valence-electron chi connectivity index (χ4n) is 3.70. The summed E-state index contributed by atoms with van der Waals surface area (Å²) in [6.45, 7) is 7.17. The first kappa shape index (κ1) is 22.4. The normalized spacial score (nSPS) is 13.2. The molecule has 3 heterocycles. The largest absolute Gasteiger partial charge is 0.494 e. The van der Waals surface area contributed by atoms with Crippen molar-refractivity contribution in [1.82, 2.24) is 14.9 Å². The lowest BCUT2D eigenvalue weighted by Gasteiger charge is -2.17. The number of benzene rings is 1. The molecule has 0 atom stereocenters. The minimum atomic E-state index is 0.471. The number of ether oxygens (including phenoxy) is 1. The van der Waals surface area contributed by atoms with E-state index in [-0.39, 0.29) is 0 Å². The zero-order chi connectivity index (χ0) is 22.1. The average molecular weight is 421 g/mol. The van der Waals surface area contributed by atoms with Crippen molar-refractivity contribution < 1.29 is 4.74 Å². The Morgan fingerprint density at radius 3 is 2.45 bits per heavy atom. The van der Waals surface area contributed by atoms with Crippen LogP contribution in [0.5, 0.6) is 5.75 Å². The summed E-state index contributed by atoms with van der Waals surface area (Å²) >= 11 is 0. The van der Waals surface area contributed by atoms with Crippen LogP contribution in [0.3, 0.4) is 0 Å². The van der Waals surface area contributed by atoms with Gasteiger partial charge in [0.15, 0.2) is 0 Å².